The van der Waals surface area contributed by atoms with E-state index in [-0.39, 0.29) is 16.3 Å². The van der Waals surface area contributed by atoms with E-state index < -0.39 is 0 Å². The van der Waals surface area contributed by atoms with Gasteiger partial charge in [-0.1, -0.05) is 61.3 Å². The van der Waals surface area contributed by atoms with Crippen LogP contribution in [0.2, 0.25) is 5.02 Å². The van der Waals surface area contributed by atoms with Crippen LogP contribution < -0.4 is 0 Å². The molecular formula is C17H18ClF. The second-order valence-corrected chi connectivity index (χ2v) is 6.09. The van der Waals surface area contributed by atoms with Gasteiger partial charge < -0.3 is 0 Å². The van der Waals surface area contributed by atoms with Crippen LogP contribution in [0.25, 0.3) is 0 Å². The molecule has 2 aromatic carbocycles. The molecule has 19 heavy (non-hydrogen) atoms. The summed E-state index contributed by atoms with van der Waals surface area (Å²) in [5.41, 5.74) is 3.52. The molecule has 0 unspecified atom stereocenters. The summed E-state index contributed by atoms with van der Waals surface area (Å²) >= 11 is 5.87. The van der Waals surface area contributed by atoms with Crippen molar-refractivity contribution in [2.24, 2.45) is 0 Å². The molecule has 0 heterocycles. The maximum absolute atomic E-state index is 13.2. The Kier molecular flexibility index (Phi) is 3.96. The summed E-state index contributed by atoms with van der Waals surface area (Å²) in [6.07, 6.45) is 0.899. The summed E-state index contributed by atoms with van der Waals surface area (Å²) in [6.45, 7) is 6.39. The molecule has 0 aliphatic rings. The van der Waals surface area contributed by atoms with Crippen molar-refractivity contribution in [3.63, 3.8) is 0 Å². The topological polar surface area (TPSA) is 0 Å². The van der Waals surface area contributed by atoms with Gasteiger partial charge in [0.05, 0.1) is 5.02 Å². The molecule has 0 saturated carbocycles. The highest BCUT2D eigenvalue weighted by molar-refractivity contribution is 6.30. The van der Waals surface area contributed by atoms with Crippen molar-refractivity contribution in [1.29, 1.82) is 0 Å². The van der Waals surface area contributed by atoms with E-state index in [0.29, 0.717) is 0 Å². The fourth-order valence-electron chi connectivity index (χ4n) is 2.35. The number of rotatable bonds is 3. The van der Waals surface area contributed by atoms with Crippen molar-refractivity contribution in [1.82, 2.24) is 0 Å². The molecule has 0 bridgehead atoms. The van der Waals surface area contributed by atoms with Crippen LogP contribution in [0.1, 0.15) is 30.5 Å². The van der Waals surface area contributed by atoms with Gasteiger partial charge in [0.2, 0.25) is 0 Å². The SMILES string of the molecule is Cc1cccc(CC(C)(C)c2ccc(F)c(Cl)c2)c1. The van der Waals surface area contributed by atoms with Crippen LogP contribution in [0.3, 0.4) is 0 Å². The smallest absolute Gasteiger partial charge is 0.141 e. The van der Waals surface area contributed by atoms with E-state index >= 15 is 0 Å². The monoisotopic (exact) mass is 276 g/mol. The van der Waals surface area contributed by atoms with E-state index in [1.807, 2.05) is 6.07 Å². The highest BCUT2D eigenvalue weighted by Gasteiger charge is 2.22. The van der Waals surface area contributed by atoms with Gasteiger partial charge in [-0.15, -0.1) is 0 Å². The molecule has 0 N–H and O–H groups in total. The summed E-state index contributed by atoms with van der Waals surface area (Å²) in [7, 11) is 0. The Balaban J connectivity index is 2.29. The quantitative estimate of drug-likeness (QED) is 0.713. The van der Waals surface area contributed by atoms with Gasteiger partial charge in [-0.25, -0.2) is 4.39 Å². The third-order valence-corrected chi connectivity index (χ3v) is 3.72. The zero-order valence-electron chi connectivity index (χ0n) is 11.5. The highest BCUT2D eigenvalue weighted by Crippen LogP contribution is 2.30. The van der Waals surface area contributed by atoms with Crippen molar-refractivity contribution < 1.29 is 4.39 Å². The van der Waals surface area contributed by atoms with Crippen LogP contribution in [0.5, 0.6) is 0 Å². The average Bonchev–Trinajstić information content (AvgIpc) is 2.32. The standard InChI is InChI=1S/C17H18ClF/c1-12-5-4-6-13(9-12)11-17(2,3)14-7-8-16(19)15(18)10-14/h4-10H,11H2,1-3H3. The van der Waals surface area contributed by atoms with Gasteiger partial charge in [0.1, 0.15) is 5.82 Å². The molecule has 0 saturated heterocycles. The van der Waals surface area contributed by atoms with Crippen molar-refractivity contribution in [3.8, 4) is 0 Å². The van der Waals surface area contributed by atoms with Gasteiger partial charge >= 0.3 is 0 Å². The number of aryl methyl sites for hydroxylation is 1. The molecule has 0 aliphatic carbocycles. The van der Waals surface area contributed by atoms with Gasteiger partial charge in [-0.2, -0.15) is 0 Å². The molecule has 0 spiro atoms. The third kappa shape index (κ3) is 3.36. The minimum absolute atomic E-state index is 0.0782. The maximum Gasteiger partial charge on any atom is 0.141 e. The van der Waals surface area contributed by atoms with Gasteiger partial charge in [0, 0.05) is 0 Å². The van der Waals surface area contributed by atoms with E-state index in [2.05, 4.69) is 45.0 Å². The van der Waals surface area contributed by atoms with Crippen LogP contribution in [-0.2, 0) is 11.8 Å². The molecular weight excluding hydrogens is 259 g/mol. The normalized spacial score (nSPS) is 11.6. The molecule has 0 aliphatic heterocycles. The van der Waals surface area contributed by atoms with Crippen molar-refractivity contribution >= 4 is 11.6 Å². The second kappa shape index (κ2) is 5.34. The summed E-state index contributed by atoms with van der Waals surface area (Å²) in [6, 6.07) is 13.5. The van der Waals surface area contributed by atoms with Crippen LogP contribution in [-0.4, -0.2) is 0 Å². The largest absolute Gasteiger partial charge is 0.205 e. The molecule has 0 radical (unpaired) electrons. The van der Waals surface area contributed by atoms with E-state index in [0.717, 1.165) is 12.0 Å². The van der Waals surface area contributed by atoms with Gasteiger partial charge in [0.25, 0.3) is 0 Å². The van der Waals surface area contributed by atoms with Crippen molar-refractivity contribution in [2.75, 3.05) is 0 Å². The van der Waals surface area contributed by atoms with E-state index in [9.17, 15) is 4.39 Å². The fraction of sp³-hybridized carbons (Fsp3) is 0.294. The zero-order chi connectivity index (χ0) is 14.0. The van der Waals surface area contributed by atoms with E-state index in [4.69, 9.17) is 11.6 Å². The van der Waals surface area contributed by atoms with Gasteiger partial charge in [-0.3, -0.25) is 0 Å². The first-order valence-corrected chi connectivity index (χ1v) is 6.77. The lowest BCUT2D eigenvalue weighted by atomic mass is 9.79. The first kappa shape index (κ1) is 14.1. The molecule has 2 heteroatoms. The minimum atomic E-state index is -0.364. The van der Waals surface area contributed by atoms with E-state index in [1.165, 1.54) is 17.2 Å². The molecule has 0 nitrogen and oxygen atoms in total. The molecule has 0 amide bonds. The second-order valence-electron chi connectivity index (χ2n) is 5.68. The molecule has 2 rings (SSSR count). The Morgan fingerprint density at radius 2 is 1.84 bits per heavy atom. The van der Waals surface area contributed by atoms with Gasteiger partial charge in [0.15, 0.2) is 0 Å². The predicted molar refractivity (Wildman–Crippen MR) is 79.3 cm³/mol. The Bertz CT molecular complexity index is 588. The summed E-state index contributed by atoms with van der Waals surface area (Å²) < 4.78 is 13.2. The van der Waals surface area contributed by atoms with Crippen LogP contribution in [0.4, 0.5) is 4.39 Å². The summed E-state index contributed by atoms with van der Waals surface area (Å²) in [4.78, 5) is 0. The molecule has 0 fully saturated rings. The lowest BCUT2D eigenvalue weighted by Gasteiger charge is -2.26. The Morgan fingerprint density at radius 1 is 1.11 bits per heavy atom. The van der Waals surface area contributed by atoms with Gasteiger partial charge in [-0.05, 0) is 42.0 Å². The molecule has 0 aromatic heterocycles. The Hall–Kier alpha value is -1.34. The Labute approximate surface area is 119 Å². The highest BCUT2D eigenvalue weighted by atomic mass is 35.5. The lowest BCUT2D eigenvalue weighted by molar-refractivity contribution is 0.520. The lowest BCUT2D eigenvalue weighted by Crippen LogP contribution is -2.20. The van der Waals surface area contributed by atoms with E-state index in [1.54, 1.807) is 6.07 Å². The fourth-order valence-corrected chi connectivity index (χ4v) is 2.53. The number of hydrogen-bond acceptors (Lipinski definition) is 0. The first-order valence-electron chi connectivity index (χ1n) is 6.39. The number of halogens is 2. The first-order chi connectivity index (χ1) is 8.88. The van der Waals surface area contributed by atoms with Crippen LogP contribution >= 0.6 is 11.6 Å². The molecule has 2 aromatic rings. The van der Waals surface area contributed by atoms with Crippen LogP contribution in [0.15, 0.2) is 42.5 Å². The van der Waals surface area contributed by atoms with Crippen molar-refractivity contribution in [3.05, 3.63) is 70.0 Å². The molecule has 100 valence electrons. The van der Waals surface area contributed by atoms with Crippen LogP contribution in [0, 0.1) is 12.7 Å². The summed E-state index contributed by atoms with van der Waals surface area (Å²) in [5, 5.41) is 0.190. The minimum Gasteiger partial charge on any atom is -0.205 e. The average molecular weight is 277 g/mol. The number of hydrogen-bond donors (Lipinski definition) is 0. The van der Waals surface area contributed by atoms with Crippen molar-refractivity contribution in [2.45, 2.75) is 32.6 Å². The third-order valence-electron chi connectivity index (χ3n) is 3.43. The molecule has 0 atom stereocenters. The summed E-state index contributed by atoms with van der Waals surface area (Å²) in [5.74, 6) is -0.364. The maximum atomic E-state index is 13.2. The number of benzene rings is 2. The predicted octanol–water partition coefficient (Wildman–Crippen LogP) is 5.31. The zero-order valence-corrected chi connectivity index (χ0v) is 12.3. The Morgan fingerprint density at radius 3 is 2.47 bits per heavy atom.